The molecule has 1 rings (SSSR count). The number of phenols is 1. The molecule has 0 aliphatic heterocycles. The fraction of sp³-hybridized carbons (Fsp3) is 0.571. The van der Waals surface area contributed by atoms with Crippen molar-refractivity contribution in [1.29, 1.82) is 0 Å². The Bertz CT molecular complexity index is 452. The number of benzene rings is 1. The molecule has 0 spiro atoms. The SMILES string of the molecule is Cc1cccc(CN(CCC(F)(F)F)C[C@H](O)CO)c1O. The summed E-state index contributed by atoms with van der Waals surface area (Å²) in [5, 5.41) is 28.2. The van der Waals surface area contributed by atoms with Crippen LogP contribution in [-0.2, 0) is 6.54 Å². The molecule has 0 amide bonds. The third-order valence-corrected chi connectivity index (χ3v) is 3.11. The number of aliphatic hydroxyl groups excluding tert-OH is 2. The average molecular weight is 307 g/mol. The van der Waals surface area contributed by atoms with E-state index in [9.17, 15) is 23.4 Å². The molecule has 0 saturated carbocycles. The number of hydrogen-bond acceptors (Lipinski definition) is 4. The summed E-state index contributed by atoms with van der Waals surface area (Å²) in [6.07, 6.45) is -6.43. The largest absolute Gasteiger partial charge is 0.507 e. The van der Waals surface area contributed by atoms with Crippen LogP contribution in [0, 0.1) is 6.92 Å². The van der Waals surface area contributed by atoms with E-state index in [2.05, 4.69) is 0 Å². The van der Waals surface area contributed by atoms with Crippen molar-refractivity contribution in [2.75, 3.05) is 19.7 Å². The van der Waals surface area contributed by atoms with Crippen molar-refractivity contribution in [3.63, 3.8) is 0 Å². The Morgan fingerprint density at radius 2 is 1.95 bits per heavy atom. The summed E-state index contributed by atoms with van der Waals surface area (Å²) in [5.74, 6) is 0.0352. The van der Waals surface area contributed by atoms with Gasteiger partial charge in [-0.15, -0.1) is 0 Å². The van der Waals surface area contributed by atoms with Gasteiger partial charge in [0, 0.05) is 25.2 Å². The fourth-order valence-corrected chi connectivity index (χ4v) is 1.96. The molecule has 0 aromatic heterocycles. The number of halogens is 3. The van der Waals surface area contributed by atoms with Crippen molar-refractivity contribution in [2.45, 2.75) is 32.2 Å². The van der Waals surface area contributed by atoms with E-state index in [1.165, 1.54) is 4.90 Å². The first-order chi connectivity index (χ1) is 9.73. The Hall–Kier alpha value is -1.31. The van der Waals surface area contributed by atoms with Crippen LogP contribution in [0.4, 0.5) is 13.2 Å². The molecule has 4 nitrogen and oxygen atoms in total. The Kier molecular flexibility index (Phi) is 6.44. The van der Waals surface area contributed by atoms with Crippen molar-refractivity contribution in [3.8, 4) is 5.75 Å². The number of rotatable bonds is 7. The smallest absolute Gasteiger partial charge is 0.390 e. The molecule has 120 valence electrons. The van der Waals surface area contributed by atoms with Gasteiger partial charge in [0.1, 0.15) is 5.75 Å². The van der Waals surface area contributed by atoms with E-state index in [1.807, 2.05) is 0 Å². The summed E-state index contributed by atoms with van der Waals surface area (Å²) >= 11 is 0. The molecule has 1 aromatic rings. The molecule has 3 N–H and O–H groups in total. The maximum Gasteiger partial charge on any atom is 0.390 e. The number of nitrogens with zero attached hydrogens (tertiary/aromatic N) is 1. The first-order valence-electron chi connectivity index (χ1n) is 6.58. The summed E-state index contributed by atoms with van der Waals surface area (Å²) in [6, 6.07) is 5.02. The van der Waals surface area contributed by atoms with E-state index < -0.39 is 25.3 Å². The number of aryl methyl sites for hydroxylation is 1. The van der Waals surface area contributed by atoms with Gasteiger partial charge in [-0.25, -0.2) is 0 Å². The molecule has 0 saturated heterocycles. The highest BCUT2D eigenvalue weighted by Crippen LogP contribution is 2.24. The molecular weight excluding hydrogens is 287 g/mol. The second-order valence-corrected chi connectivity index (χ2v) is 5.02. The molecule has 7 heteroatoms. The van der Waals surface area contributed by atoms with Crippen molar-refractivity contribution in [3.05, 3.63) is 29.3 Å². The maximum atomic E-state index is 12.3. The lowest BCUT2D eigenvalue weighted by Gasteiger charge is -2.25. The second-order valence-electron chi connectivity index (χ2n) is 5.02. The maximum absolute atomic E-state index is 12.3. The zero-order valence-corrected chi connectivity index (χ0v) is 11.8. The van der Waals surface area contributed by atoms with Gasteiger partial charge in [0.15, 0.2) is 0 Å². The zero-order chi connectivity index (χ0) is 16.0. The van der Waals surface area contributed by atoms with Gasteiger partial charge in [-0.05, 0) is 12.5 Å². The van der Waals surface area contributed by atoms with Gasteiger partial charge < -0.3 is 15.3 Å². The third kappa shape index (κ3) is 6.33. The van der Waals surface area contributed by atoms with Gasteiger partial charge in [-0.3, -0.25) is 4.90 Å². The molecule has 0 unspecified atom stereocenters. The molecular formula is C14H20F3NO3. The first kappa shape index (κ1) is 17.7. The number of hydrogen-bond donors (Lipinski definition) is 3. The lowest BCUT2D eigenvalue weighted by atomic mass is 10.1. The molecule has 21 heavy (non-hydrogen) atoms. The molecule has 0 aliphatic rings. The van der Waals surface area contributed by atoms with Crippen LogP contribution in [0.2, 0.25) is 0 Å². The molecule has 1 atom stereocenters. The van der Waals surface area contributed by atoms with Gasteiger partial charge in [-0.2, -0.15) is 13.2 Å². The van der Waals surface area contributed by atoms with Crippen LogP contribution in [-0.4, -0.2) is 52.2 Å². The van der Waals surface area contributed by atoms with Gasteiger partial charge in [0.05, 0.1) is 19.1 Å². The van der Waals surface area contributed by atoms with E-state index in [-0.39, 0.29) is 25.4 Å². The summed E-state index contributed by atoms with van der Waals surface area (Å²) in [6.45, 7) is 0.832. The fourth-order valence-electron chi connectivity index (χ4n) is 1.96. The lowest BCUT2D eigenvalue weighted by Crippen LogP contribution is -2.36. The average Bonchev–Trinajstić information content (AvgIpc) is 2.40. The van der Waals surface area contributed by atoms with Crippen LogP contribution in [0.15, 0.2) is 18.2 Å². The van der Waals surface area contributed by atoms with Crippen LogP contribution in [0.3, 0.4) is 0 Å². The van der Waals surface area contributed by atoms with Gasteiger partial charge in [0.25, 0.3) is 0 Å². The number of aromatic hydroxyl groups is 1. The Labute approximate surface area is 121 Å². The van der Waals surface area contributed by atoms with Crippen molar-refractivity contribution < 1.29 is 28.5 Å². The quantitative estimate of drug-likeness (QED) is 0.719. The van der Waals surface area contributed by atoms with Crippen molar-refractivity contribution in [1.82, 2.24) is 4.90 Å². The Balaban J connectivity index is 2.78. The summed E-state index contributed by atoms with van der Waals surface area (Å²) < 4.78 is 37.0. The summed E-state index contributed by atoms with van der Waals surface area (Å²) in [4.78, 5) is 1.36. The van der Waals surface area contributed by atoms with E-state index in [1.54, 1.807) is 25.1 Å². The molecule has 1 aromatic carbocycles. The standard InChI is InChI=1S/C14H20F3NO3/c1-10-3-2-4-11(13(10)21)7-18(8-12(20)9-19)6-5-14(15,16)17/h2-4,12,19-21H,5-9H2,1H3/t12-/m0/s1. The van der Waals surface area contributed by atoms with Gasteiger partial charge in [-0.1, -0.05) is 18.2 Å². The molecule has 0 aliphatic carbocycles. The van der Waals surface area contributed by atoms with Crippen molar-refractivity contribution >= 4 is 0 Å². The van der Waals surface area contributed by atoms with Crippen LogP contribution in [0.5, 0.6) is 5.75 Å². The molecule has 0 fully saturated rings. The third-order valence-electron chi connectivity index (χ3n) is 3.11. The highest BCUT2D eigenvalue weighted by atomic mass is 19.4. The molecule has 0 bridgehead atoms. The first-order valence-corrected chi connectivity index (χ1v) is 6.58. The molecule has 0 radical (unpaired) electrons. The van der Waals surface area contributed by atoms with Gasteiger partial charge >= 0.3 is 6.18 Å². The van der Waals surface area contributed by atoms with Crippen LogP contribution in [0.1, 0.15) is 17.5 Å². The minimum atomic E-state index is -4.29. The van der Waals surface area contributed by atoms with Crippen LogP contribution in [0.25, 0.3) is 0 Å². The number of phenolic OH excluding ortho intramolecular Hbond substituents is 1. The number of alkyl halides is 3. The zero-order valence-electron chi connectivity index (χ0n) is 11.8. The van der Waals surface area contributed by atoms with E-state index in [0.29, 0.717) is 11.1 Å². The predicted molar refractivity (Wildman–Crippen MR) is 71.9 cm³/mol. The van der Waals surface area contributed by atoms with E-state index >= 15 is 0 Å². The van der Waals surface area contributed by atoms with E-state index in [4.69, 9.17) is 5.11 Å². The normalized spacial score (nSPS) is 13.7. The van der Waals surface area contributed by atoms with Gasteiger partial charge in [0.2, 0.25) is 0 Å². The highest BCUT2D eigenvalue weighted by Gasteiger charge is 2.28. The second kappa shape index (κ2) is 7.63. The monoisotopic (exact) mass is 307 g/mol. The summed E-state index contributed by atoms with van der Waals surface area (Å²) in [5.41, 5.74) is 1.12. The highest BCUT2D eigenvalue weighted by molar-refractivity contribution is 5.39. The predicted octanol–water partition coefficient (Wildman–Crippen LogP) is 1.81. The van der Waals surface area contributed by atoms with Crippen LogP contribution >= 0.6 is 0 Å². The molecule has 0 heterocycles. The topological polar surface area (TPSA) is 63.9 Å². The van der Waals surface area contributed by atoms with Crippen LogP contribution < -0.4 is 0 Å². The minimum absolute atomic E-state index is 0.0352. The van der Waals surface area contributed by atoms with Crippen molar-refractivity contribution in [2.24, 2.45) is 0 Å². The summed E-state index contributed by atoms with van der Waals surface area (Å²) in [7, 11) is 0. The number of para-hydroxylation sites is 1. The Morgan fingerprint density at radius 1 is 1.29 bits per heavy atom. The lowest BCUT2D eigenvalue weighted by molar-refractivity contribution is -0.139. The minimum Gasteiger partial charge on any atom is -0.507 e. The Morgan fingerprint density at radius 3 is 2.52 bits per heavy atom. The van der Waals surface area contributed by atoms with E-state index in [0.717, 1.165) is 0 Å². The number of aliphatic hydroxyl groups is 2.